The van der Waals surface area contributed by atoms with Crippen molar-refractivity contribution in [2.24, 2.45) is 10.7 Å². The SMILES string of the molecule is NC(=O)CCC1(Cc2ccc(SCc3ccccc3)cc2)C=CC=N1. The Morgan fingerprint density at radius 3 is 2.44 bits per heavy atom. The molecule has 0 saturated carbocycles. The second-order valence-electron chi connectivity index (χ2n) is 6.30. The molecule has 0 aliphatic carbocycles. The van der Waals surface area contributed by atoms with Gasteiger partial charge in [-0.25, -0.2) is 0 Å². The van der Waals surface area contributed by atoms with Crippen LogP contribution in [0.5, 0.6) is 0 Å². The van der Waals surface area contributed by atoms with E-state index in [-0.39, 0.29) is 11.4 Å². The van der Waals surface area contributed by atoms with E-state index in [0.29, 0.717) is 12.8 Å². The summed E-state index contributed by atoms with van der Waals surface area (Å²) >= 11 is 1.83. The number of allylic oxidation sites excluding steroid dienone is 1. The lowest BCUT2D eigenvalue weighted by Gasteiger charge is -2.24. The van der Waals surface area contributed by atoms with Crippen molar-refractivity contribution in [3.8, 4) is 0 Å². The van der Waals surface area contributed by atoms with E-state index in [0.717, 1.165) is 12.2 Å². The van der Waals surface area contributed by atoms with Crippen molar-refractivity contribution in [3.63, 3.8) is 0 Å². The van der Waals surface area contributed by atoms with Gasteiger partial charge < -0.3 is 5.73 Å². The van der Waals surface area contributed by atoms with Crippen LogP contribution in [0.15, 0.2) is 76.6 Å². The Morgan fingerprint density at radius 1 is 1.04 bits per heavy atom. The third-order valence-corrected chi connectivity index (χ3v) is 5.39. The summed E-state index contributed by atoms with van der Waals surface area (Å²) in [6, 6.07) is 19.1. The molecule has 0 radical (unpaired) electrons. The number of hydrogen-bond donors (Lipinski definition) is 1. The fraction of sp³-hybridized carbons (Fsp3) is 0.238. The molecule has 0 spiro atoms. The third kappa shape index (κ3) is 5.07. The highest BCUT2D eigenvalue weighted by Crippen LogP contribution is 2.29. The van der Waals surface area contributed by atoms with Crippen LogP contribution < -0.4 is 5.73 Å². The van der Waals surface area contributed by atoms with E-state index in [1.54, 1.807) is 0 Å². The lowest BCUT2D eigenvalue weighted by atomic mass is 9.87. The van der Waals surface area contributed by atoms with Crippen LogP contribution in [-0.4, -0.2) is 17.7 Å². The summed E-state index contributed by atoms with van der Waals surface area (Å²) in [5.41, 5.74) is 7.53. The monoisotopic (exact) mass is 350 g/mol. The normalized spacial score (nSPS) is 18.6. The quantitative estimate of drug-likeness (QED) is 0.727. The number of benzene rings is 2. The fourth-order valence-electron chi connectivity index (χ4n) is 2.94. The summed E-state index contributed by atoms with van der Waals surface area (Å²) in [7, 11) is 0. The van der Waals surface area contributed by atoms with E-state index in [4.69, 9.17) is 5.73 Å². The topological polar surface area (TPSA) is 55.5 Å². The Morgan fingerprint density at radius 2 is 1.80 bits per heavy atom. The van der Waals surface area contributed by atoms with E-state index in [1.165, 1.54) is 16.0 Å². The molecular formula is C21H22N2OS. The van der Waals surface area contributed by atoms with Gasteiger partial charge in [0.15, 0.2) is 0 Å². The molecule has 2 aromatic carbocycles. The number of rotatable bonds is 8. The average Bonchev–Trinajstić information content (AvgIpc) is 3.09. The van der Waals surface area contributed by atoms with Gasteiger partial charge in [0.1, 0.15) is 0 Å². The number of amides is 1. The molecule has 3 rings (SSSR count). The maximum Gasteiger partial charge on any atom is 0.217 e. The van der Waals surface area contributed by atoms with Crippen LogP contribution >= 0.6 is 11.8 Å². The van der Waals surface area contributed by atoms with E-state index >= 15 is 0 Å². The van der Waals surface area contributed by atoms with Crippen molar-refractivity contribution >= 4 is 23.9 Å². The molecule has 3 nitrogen and oxygen atoms in total. The second kappa shape index (κ2) is 8.17. The van der Waals surface area contributed by atoms with Crippen LogP contribution in [0.25, 0.3) is 0 Å². The predicted octanol–water partition coefficient (Wildman–Crippen LogP) is 4.17. The molecule has 25 heavy (non-hydrogen) atoms. The van der Waals surface area contributed by atoms with E-state index in [1.807, 2.05) is 30.1 Å². The van der Waals surface area contributed by atoms with Crippen LogP contribution in [-0.2, 0) is 17.0 Å². The molecule has 2 aromatic rings. The summed E-state index contributed by atoms with van der Waals surface area (Å²) in [4.78, 5) is 17.0. The molecule has 0 aromatic heterocycles. The molecule has 0 fully saturated rings. The number of aliphatic imine (C=N–C) groups is 1. The first-order valence-corrected chi connectivity index (χ1v) is 9.41. The van der Waals surface area contributed by atoms with Gasteiger partial charge in [-0.15, -0.1) is 11.8 Å². The third-order valence-electron chi connectivity index (χ3n) is 4.31. The van der Waals surface area contributed by atoms with Crippen molar-refractivity contribution in [1.82, 2.24) is 0 Å². The Kier molecular flexibility index (Phi) is 5.71. The minimum Gasteiger partial charge on any atom is -0.370 e. The van der Waals surface area contributed by atoms with Gasteiger partial charge in [-0.1, -0.05) is 48.5 Å². The molecule has 2 N–H and O–H groups in total. The van der Waals surface area contributed by atoms with Crippen molar-refractivity contribution in [2.75, 3.05) is 0 Å². The Labute approximate surface area is 153 Å². The molecule has 1 aliphatic heterocycles. The molecular weight excluding hydrogens is 328 g/mol. The molecule has 1 amide bonds. The second-order valence-corrected chi connectivity index (χ2v) is 7.35. The van der Waals surface area contributed by atoms with Crippen molar-refractivity contribution in [3.05, 3.63) is 77.9 Å². The number of nitrogens with two attached hydrogens (primary N) is 1. The Balaban J connectivity index is 1.60. The maximum absolute atomic E-state index is 11.1. The van der Waals surface area contributed by atoms with Crippen LogP contribution in [0.4, 0.5) is 0 Å². The number of primary amides is 1. The zero-order valence-corrected chi connectivity index (χ0v) is 14.9. The number of carbonyl (C=O) groups excluding carboxylic acids is 1. The smallest absolute Gasteiger partial charge is 0.217 e. The highest BCUT2D eigenvalue weighted by atomic mass is 32.2. The van der Waals surface area contributed by atoms with Gasteiger partial charge >= 0.3 is 0 Å². The number of hydrogen-bond acceptors (Lipinski definition) is 3. The number of thioether (sulfide) groups is 1. The summed E-state index contributed by atoms with van der Waals surface area (Å²) in [5, 5.41) is 0. The van der Waals surface area contributed by atoms with Crippen molar-refractivity contribution in [1.29, 1.82) is 0 Å². The van der Waals surface area contributed by atoms with Crippen LogP contribution in [0, 0.1) is 0 Å². The van der Waals surface area contributed by atoms with E-state index in [9.17, 15) is 4.79 Å². The molecule has 1 aliphatic rings. The molecule has 4 heteroatoms. The summed E-state index contributed by atoms with van der Waals surface area (Å²) in [6.45, 7) is 0. The molecule has 128 valence electrons. The van der Waals surface area contributed by atoms with E-state index in [2.05, 4.69) is 59.6 Å². The molecule has 0 saturated heterocycles. The van der Waals surface area contributed by atoms with Gasteiger partial charge in [-0.05, 0) is 35.8 Å². The van der Waals surface area contributed by atoms with Gasteiger partial charge in [-0.2, -0.15) is 0 Å². The van der Waals surface area contributed by atoms with Gasteiger partial charge in [0, 0.05) is 29.7 Å². The molecule has 1 heterocycles. The van der Waals surface area contributed by atoms with E-state index < -0.39 is 0 Å². The largest absolute Gasteiger partial charge is 0.370 e. The highest BCUT2D eigenvalue weighted by molar-refractivity contribution is 7.98. The first-order valence-electron chi connectivity index (χ1n) is 8.42. The summed E-state index contributed by atoms with van der Waals surface area (Å²) in [5.74, 6) is 0.693. The van der Waals surface area contributed by atoms with Crippen molar-refractivity contribution in [2.45, 2.75) is 35.4 Å². The van der Waals surface area contributed by atoms with Crippen LogP contribution in [0.1, 0.15) is 24.0 Å². The summed E-state index contributed by atoms with van der Waals surface area (Å²) in [6.07, 6.45) is 7.63. The number of nitrogens with zero attached hydrogens (tertiary/aromatic N) is 1. The lowest BCUT2D eigenvalue weighted by molar-refractivity contribution is -0.118. The van der Waals surface area contributed by atoms with Crippen LogP contribution in [0.3, 0.4) is 0 Å². The lowest BCUT2D eigenvalue weighted by Crippen LogP contribution is -2.27. The molecule has 1 atom stereocenters. The Bertz CT molecular complexity index is 754. The minimum atomic E-state index is -0.326. The predicted molar refractivity (Wildman–Crippen MR) is 105 cm³/mol. The van der Waals surface area contributed by atoms with Gasteiger partial charge in [0.25, 0.3) is 0 Å². The van der Waals surface area contributed by atoms with Crippen LogP contribution in [0.2, 0.25) is 0 Å². The summed E-state index contributed by atoms with van der Waals surface area (Å²) < 4.78 is 0. The Hall–Kier alpha value is -2.33. The standard InChI is InChI=1S/C21H22N2OS/c22-20(24)11-13-21(12-4-14-23-21)15-17-7-9-19(10-8-17)25-16-18-5-2-1-3-6-18/h1-10,12,14H,11,13,15-16H2,(H2,22,24). The maximum atomic E-state index is 11.1. The average molecular weight is 350 g/mol. The number of carbonyl (C=O) groups is 1. The molecule has 1 unspecified atom stereocenters. The van der Waals surface area contributed by atoms with Gasteiger partial charge in [0.2, 0.25) is 5.91 Å². The van der Waals surface area contributed by atoms with Gasteiger partial charge in [-0.3, -0.25) is 9.79 Å². The van der Waals surface area contributed by atoms with Crippen molar-refractivity contribution < 1.29 is 4.79 Å². The molecule has 0 bridgehead atoms. The zero-order valence-electron chi connectivity index (χ0n) is 14.1. The highest BCUT2D eigenvalue weighted by Gasteiger charge is 2.28. The minimum absolute atomic E-state index is 0.275. The fourth-order valence-corrected chi connectivity index (χ4v) is 3.79. The first kappa shape index (κ1) is 17.5. The van der Waals surface area contributed by atoms with Gasteiger partial charge in [0.05, 0.1) is 5.54 Å². The zero-order chi connectivity index (χ0) is 17.5. The first-order chi connectivity index (χ1) is 12.2.